The van der Waals surface area contributed by atoms with Crippen molar-refractivity contribution < 1.29 is 9.47 Å². The highest BCUT2D eigenvalue weighted by atomic mass is 16.7. The molecule has 2 rings (SSSR count). The second-order valence-corrected chi connectivity index (χ2v) is 8.25. The Hall–Kier alpha value is -0.830. The molecule has 1 aliphatic heterocycles. The first-order valence-corrected chi connectivity index (χ1v) is 7.68. The maximum Gasteiger partial charge on any atom is 0.231 e. The number of fused-ring (bicyclic) bond motifs is 1. The molecule has 21 heavy (non-hydrogen) atoms. The van der Waals surface area contributed by atoms with Crippen LogP contribution in [0.4, 0.5) is 0 Å². The van der Waals surface area contributed by atoms with E-state index < -0.39 is 0 Å². The van der Waals surface area contributed by atoms with Gasteiger partial charge in [-0.1, -0.05) is 18.3 Å². The lowest BCUT2D eigenvalue weighted by atomic mass is 9.26. The Balaban J connectivity index is 2.10. The summed E-state index contributed by atoms with van der Waals surface area (Å²) in [5.74, 6) is 1.71. The molecular weight excluding hydrogens is 255 g/mol. The highest BCUT2D eigenvalue weighted by molar-refractivity contribution is 6.67. The molecular formula is C12H23B6NO2. The third kappa shape index (κ3) is 3.88. The van der Waals surface area contributed by atoms with Crippen LogP contribution in [0.2, 0.25) is 5.11 Å². The number of nitrogens with one attached hydrogen (secondary N) is 1. The molecule has 1 aromatic rings. The van der Waals surface area contributed by atoms with Crippen molar-refractivity contribution in [2.45, 2.75) is 29.2 Å². The molecule has 1 heterocycles. The molecule has 0 amide bonds. The number of rotatable bonds is 5. The average Bonchev–Trinajstić information content (AvgIpc) is 2.72. The Morgan fingerprint density at radius 2 is 1.67 bits per heavy atom. The van der Waals surface area contributed by atoms with Crippen molar-refractivity contribution >= 4 is 47.1 Å². The highest BCUT2D eigenvalue weighted by Gasteiger charge is 2.36. The smallest absolute Gasteiger partial charge is 0.231 e. The van der Waals surface area contributed by atoms with E-state index in [0.29, 0.717) is 6.79 Å². The molecule has 0 saturated heterocycles. The predicted molar refractivity (Wildman–Crippen MR) is 104 cm³/mol. The molecule has 1 N–H and O–H groups in total. The van der Waals surface area contributed by atoms with Crippen LogP contribution in [0, 0.1) is 0 Å². The molecule has 0 spiro atoms. The summed E-state index contributed by atoms with van der Waals surface area (Å²) in [6.45, 7) is 2.59. The number of hydrogen-bond donors (Lipinski definition) is 1. The van der Waals surface area contributed by atoms with Gasteiger partial charge in [0.05, 0.1) is 23.5 Å². The lowest BCUT2D eigenvalue weighted by Crippen LogP contribution is -2.65. The van der Waals surface area contributed by atoms with Crippen molar-refractivity contribution in [3.63, 3.8) is 0 Å². The van der Waals surface area contributed by atoms with E-state index in [4.69, 9.17) is 9.47 Å². The van der Waals surface area contributed by atoms with Crippen molar-refractivity contribution in [1.82, 2.24) is 5.32 Å². The van der Waals surface area contributed by atoms with E-state index in [-0.39, 0.29) is 15.9 Å². The fourth-order valence-corrected chi connectivity index (χ4v) is 2.64. The van der Waals surface area contributed by atoms with E-state index in [2.05, 4.69) is 71.5 Å². The Kier molecular flexibility index (Phi) is 4.27. The van der Waals surface area contributed by atoms with Gasteiger partial charge >= 0.3 is 0 Å². The van der Waals surface area contributed by atoms with Gasteiger partial charge in [0.2, 0.25) is 6.79 Å². The van der Waals surface area contributed by atoms with Gasteiger partial charge in [-0.3, -0.25) is 0 Å². The minimum absolute atomic E-state index is 0.00444. The zero-order valence-electron chi connectivity index (χ0n) is 14.5. The molecule has 106 valence electrons. The molecule has 0 aromatic heterocycles. The maximum absolute atomic E-state index is 5.47. The first-order valence-electron chi connectivity index (χ1n) is 7.68. The summed E-state index contributed by atoms with van der Waals surface area (Å²) in [6.07, 6.45) is 0.948. The zero-order valence-corrected chi connectivity index (χ0v) is 14.5. The van der Waals surface area contributed by atoms with Gasteiger partial charge in [0.1, 0.15) is 23.5 Å². The molecule has 0 aliphatic carbocycles. The van der Waals surface area contributed by atoms with Gasteiger partial charge < -0.3 is 14.8 Å². The van der Waals surface area contributed by atoms with E-state index >= 15 is 0 Å². The average molecular weight is 278 g/mol. The second-order valence-electron chi connectivity index (χ2n) is 8.25. The Bertz CT molecular complexity index is 529. The zero-order chi connectivity index (χ0) is 15.9. The van der Waals surface area contributed by atoms with Crippen molar-refractivity contribution in [3.8, 4) is 11.5 Å². The SMILES string of the molecule is BC(C)(Cc1ccc2c(c1)OCO2)NC(B)(B)C(B)(B)B. The fourth-order valence-electron chi connectivity index (χ4n) is 2.64. The van der Waals surface area contributed by atoms with E-state index in [1.807, 2.05) is 6.07 Å². The molecule has 0 radical (unpaired) electrons. The minimum atomic E-state index is 0.00444. The number of ether oxygens (including phenoxy) is 2. The summed E-state index contributed by atoms with van der Waals surface area (Å²) in [7, 11) is 13.6. The van der Waals surface area contributed by atoms with Crippen LogP contribution in [0.5, 0.6) is 11.5 Å². The van der Waals surface area contributed by atoms with Crippen molar-refractivity contribution in [1.29, 1.82) is 0 Å². The van der Waals surface area contributed by atoms with Crippen molar-refractivity contribution in [2.75, 3.05) is 6.79 Å². The Morgan fingerprint density at radius 3 is 2.29 bits per heavy atom. The first kappa shape index (κ1) is 16.5. The number of benzene rings is 1. The first-order chi connectivity index (χ1) is 9.50. The van der Waals surface area contributed by atoms with E-state index in [1.54, 1.807) is 0 Å². The summed E-state index contributed by atoms with van der Waals surface area (Å²) in [5.41, 5.74) is 1.27. The molecule has 0 saturated carbocycles. The van der Waals surface area contributed by atoms with Gasteiger partial charge in [-0.25, -0.2) is 0 Å². The van der Waals surface area contributed by atoms with Crippen LogP contribution in [-0.4, -0.2) is 64.6 Å². The van der Waals surface area contributed by atoms with Gasteiger partial charge in [-0.2, -0.15) is 0 Å². The largest absolute Gasteiger partial charge is 0.454 e. The van der Waals surface area contributed by atoms with Crippen LogP contribution in [0.1, 0.15) is 12.5 Å². The van der Waals surface area contributed by atoms with Crippen LogP contribution in [0.15, 0.2) is 18.2 Å². The molecule has 0 fully saturated rings. The van der Waals surface area contributed by atoms with Gasteiger partial charge in [-0.05, 0) is 29.6 Å². The lowest BCUT2D eigenvalue weighted by molar-refractivity contribution is 0.174. The molecule has 1 unspecified atom stereocenters. The highest BCUT2D eigenvalue weighted by Crippen LogP contribution is 2.33. The van der Waals surface area contributed by atoms with Gasteiger partial charge in [-0.15, -0.1) is 5.11 Å². The topological polar surface area (TPSA) is 30.5 Å². The molecule has 3 nitrogen and oxygen atoms in total. The Labute approximate surface area is 133 Å². The normalized spacial score (nSPS) is 17.4. The van der Waals surface area contributed by atoms with Gasteiger partial charge in [0.15, 0.2) is 11.5 Å². The molecule has 0 bridgehead atoms. The van der Waals surface area contributed by atoms with Crippen molar-refractivity contribution in [3.05, 3.63) is 23.8 Å². The van der Waals surface area contributed by atoms with Crippen molar-refractivity contribution in [2.24, 2.45) is 0 Å². The van der Waals surface area contributed by atoms with Crippen LogP contribution in [0.25, 0.3) is 0 Å². The summed E-state index contributed by atoms with van der Waals surface area (Å²) in [4.78, 5) is 0. The molecule has 1 atom stereocenters. The standard InChI is InChI=1S/C12H23B6NO2/c1-10(13,19-12(17,18)11(14,15)16)5-7-2-3-8-9(4-7)21-6-20-8/h2-4,19H,5-6,13-18H2,1H3. The van der Waals surface area contributed by atoms with E-state index in [1.165, 1.54) is 5.56 Å². The Morgan fingerprint density at radius 1 is 1.05 bits per heavy atom. The van der Waals surface area contributed by atoms with Crippen LogP contribution in [0.3, 0.4) is 0 Å². The summed E-state index contributed by atoms with van der Waals surface area (Å²) in [6, 6.07) is 6.22. The quantitative estimate of drug-likeness (QED) is 0.554. The fraction of sp³-hybridized carbons (Fsp3) is 0.500. The van der Waals surface area contributed by atoms with E-state index in [9.17, 15) is 0 Å². The third-order valence-corrected chi connectivity index (χ3v) is 4.61. The third-order valence-electron chi connectivity index (χ3n) is 4.61. The number of hydrogen-bond acceptors (Lipinski definition) is 3. The predicted octanol–water partition coefficient (Wildman–Crippen LogP) is -4.21. The summed E-state index contributed by atoms with van der Waals surface area (Å²) >= 11 is 0. The van der Waals surface area contributed by atoms with Gasteiger partial charge in [0.25, 0.3) is 0 Å². The summed E-state index contributed by atoms with van der Waals surface area (Å²) < 4.78 is 10.8. The molecule has 9 heteroatoms. The monoisotopic (exact) mass is 279 g/mol. The molecule has 1 aromatic carbocycles. The van der Waals surface area contributed by atoms with E-state index in [0.717, 1.165) is 17.9 Å². The summed E-state index contributed by atoms with van der Waals surface area (Å²) in [5, 5.41) is 4.06. The molecule has 1 aliphatic rings. The van der Waals surface area contributed by atoms with Crippen LogP contribution in [-0.2, 0) is 6.42 Å². The lowest BCUT2D eigenvalue weighted by Gasteiger charge is -2.47. The van der Waals surface area contributed by atoms with Gasteiger partial charge in [0, 0.05) is 0 Å². The van der Waals surface area contributed by atoms with Crippen LogP contribution < -0.4 is 14.8 Å². The second kappa shape index (κ2) is 5.42. The maximum atomic E-state index is 5.47. The minimum Gasteiger partial charge on any atom is -0.454 e. The van der Waals surface area contributed by atoms with Crippen LogP contribution >= 0.6 is 0 Å².